The van der Waals surface area contributed by atoms with Gasteiger partial charge in [-0.25, -0.2) is 0 Å². The number of rotatable bonds is 2. The third-order valence-corrected chi connectivity index (χ3v) is 9.62. The van der Waals surface area contributed by atoms with Crippen LogP contribution in [0.3, 0.4) is 0 Å². The van der Waals surface area contributed by atoms with Crippen molar-refractivity contribution in [1.29, 1.82) is 0 Å². The molecule has 6 heterocycles. The lowest BCUT2D eigenvalue weighted by Gasteiger charge is -2.34. The molecule has 0 aromatic rings. The predicted molar refractivity (Wildman–Crippen MR) is 87.9 cm³/mol. The van der Waals surface area contributed by atoms with Crippen LogP contribution in [-0.4, -0.2) is 69.5 Å². The number of hydrogen-bond donors (Lipinski definition) is 0. The van der Waals surface area contributed by atoms with Gasteiger partial charge in [0.1, 0.15) is 23.7 Å². The topological polar surface area (TPSA) is 105 Å². The smallest absolute Gasteiger partial charge is 0.320 e. The summed E-state index contributed by atoms with van der Waals surface area (Å²) < 4.78 is 21.2. The van der Waals surface area contributed by atoms with Gasteiger partial charge in [-0.3, -0.25) is 19.2 Å². The first-order valence-electron chi connectivity index (χ1n) is 8.64. The first-order valence-corrected chi connectivity index (χ1v) is 10.5. The third kappa shape index (κ3) is 1.95. The van der Waals surface area contributed by atoms with Crippen LogP contribution < -0.4 is 0 Å². The molecule has 6 rings (SSSR count). The van der Waals surface area contributed by atoms with Gasteiger partial charge < -0.3 is 18.9 Å². The minimum absolute atomic E-state index is 0.308. The van der Waals surface area contributed by atoms with Crippen LogP contribution in [0.4, 0.5) is 0 Å². The number of cyclic esters (lactones) is 4. The highest BCUT2D eigenvalue weighted by Gasteiger charge is 2.72. The third-order valence-electron chi connectivity index (χ3n) is 6.53. The molecule has 0 saturated carbocycles. The lowest BCUT2D eigenvalue weighted by atomic mass is 9.80. The highest BCUT2D eigenvalue weighted by atomic mass is 35.5. The van der Waals surface area contributed by atoms with E-state index in [1.807, 2.05) is 0 Å². The molecule has 0 spiro atoms. The minimum Gasteiger partial charge on any atom is -0.393 e. The summed E-state index contributed by atoms with van der Waals surface area (Å²) in [6.45, 7) is 0. The maximum atomic E-state index is 12.0. The lowest BCUT2D eigenvalue weighted by molar-refractivity contribution is -0.158. The van der Waals surface area contributed by atoms with E-state index in [2.05, 4.69) is 0 Å². The van der Waals surface area contributed by atoms with E-state index in [4.69, 9.17) is 42.1 Å². The van der Waals surface area contributed by atoms with Crippen LogP contribution in [0.25, 0.3) is 0 Å². The van der Waals surface area contributed by atoms with Crippen molar-refractivity contribution in [2.24, 2.45) is 23.7 Å². The molecular formula is C16H12Cl2O8S. The van der Waals surface area contributed by atoms with E-state index in [1.165, 1.54) is 11.8 Å². The number of thioether (sulfide) groups is 1. The van der Waals surface area contributed by atoms with Crippen LogP contribution >= 0.6 is 35.0 Å². The van der Waals surface area contributed by atoms with E-state index < -0.39 is 82.7 Å². The molecule has 0 amide bonds. The first kappa shape index (κ1) is 17.0. The molecule has 0 aromatic carbocycles. The zero-order valence-corrected chi connectivity index (χ0v) is 15.7. The fourth-order valence-corrected chi connectivity index (χ4v) is 8.27. The molecule has 0 radical (unpaired) electrons. The molecule has 0 N–H and O–H groups in total. The standard InChI is InChI=1S/C16H12Cl2O8S/c17-5-7-1-3(15(21)25-13(1)19)9(23-7)11(5)27-12-6(18)8-2-4(10(12)24-8)16(22)26-14(2)20/h1-12H. The molecule has 11 heteroatoms. The molecule has 0 aromatic heterocycles. The molecule has 12 atom stereocenters. The van der Waals surface area contributed by atoms with E-state index in [0.29, 0.717) is 0 Å². The van der Waals surface area contributed by atoms with Gasteiger partial charge in [-0.2, -0.15) is 0 Å². The molecule has 0 aliphatic carbocycles. The Hall–Kier alpha value is -0.870. The Labute approximate surface area is 166 Å². The monoisotopic (exact) mass is 434 g/mol. The average Bonchev–Trinajstić information content (AvgIpc) is 3.39. The van der Waals surface area contributed by atoms with Crippen LogP contribution in [0.2, 0.25) is 0 Å². The Balaban J connectivity index is 1.26. The van der Waals surface area contributed by atoms with Gasteiger partial charge in [-0.05, 0) is 0 Å². The summed E-state index contributed by atoms with van der Waals surface area (Å²) in [5.41, 5.74) is 0. The van der Waals surface area contributed by atoms with Crippen molar-refractivity contribution in [3.63, 3.8) is 0 Å². The van der Waals surface area contributed by atoms with Gasteiger partial charge in [0.05, 0.1) is 45.7 Å². The van der Waals surface area contributed by atoms with Gasteiger partial charge in [0, 0.05) is 0 Å². The van der Waals surface area contributed by atoms with Crippen molar-refractivity contribution < 1.29 is 38.1 Å². The normalized spacial score (nSPS) is 57.3. The van der Waals surface area contributed by atoms with Crippen molar-refractivity contribution >= 4 is 58.8 Å². The molecule has 4 bridgehead atoms. The molecule has 12 unspecified atom stereocenters. The van der Waals surface area contributed by atoms with E-state index in [0.717, 1.165) is 0 Å². The molecular weight excluding hydrogens is 423 g/mol. The van der Waals surface area contributed by atoms with Crippen molar-refractivity contribution in [3.8, 4) is 0 Å². The summed E-state index contributed by atoms with van der Waals surface area (Å²) in [5, 5.41) is -1.62. The highest BCUT2D eigenvalue weighted by Crippen LogP contribution is 2.58. The summed E-state index contributed by atoms with van der Waals surface area (Å²) in [6, 6.07) is 0. The predicted octanol–water partition coefficient (Wildman–Crippen LogP) is -0.135. The number of carbonyl (C=O) groups is 4. The number of fused-ring (bicyclic) bond motifs is 10. The second-order valence-electron chi connectivity index (χ2n) is 7.67. The highest BCUT2D eigenvalue weighted by molar-refractivity contribution is 8.00. The van der Waals surface area contributed by atoms with Gasteiger partial charge in [0.15, 0.2) is 0 Å². The van der Waals surface area contributed by atoms with Crippen molar-refractivity contribution in [2.75, 3.05) is 0 Å². The second-order valence-corrected chi connectivity index (χ2v) is 10.0. The summed E-state index contributed by atoms with van der Waals surface area (Å²) in [6.07, 6.45) is -2.28. The number of halogens is 2. The van der Waals surface area contributed by atoms with Crippen LogP contribution in [0.5, 0.6) is 0 Å². The van der Waals surface area contributed by atoms with Crippen LogP contribution in [-0.2, 0) is 38.1 Å². The average molecular weight is 435 g/mol. The van der Waals surface area contributed by atoms with Gasteiger partial charge in [0.25, 0.3) is 0 Å². The number of ether oxygens (including phenoxy) is 4. The Bertz CT molecular complexity index is 741. The number of alkyl halides is 2. The quantitative estimate of drug-likeness (QED) is 0.333. The maximum absolute atomic E-state index is 12.0. The van der Waals surface area contributed by atoms with Crippen molar-refractivity contribution in [2.45, 2.75) is 45.7 Å². The van der Waals surface area contributed by atoms with E-state index in [9.17, 15) is 19.2 Å². The lowest BCUT2D eigenvalue weighted by Crippen LogP contribution is -2.48. The van der Waals surface area contributed by atoms with E-state index in [1.54, 1.807) is 0 Å². The summed E-state index contributed by atoms with van der Waals surface area (Å²) in [4.78, 5) is 47.9. The van der Waals surface area contributed by atoms with Gasteiger partial charge in [0.2, 0.25) is 0 Å². The number of carbonyl (C=O) groups excluding carboxylic acids is 4. The Morgan fingerprint density at radius 1 is 0.593 bits per heavy atom. The molecule has 6 aliphatic rings. The van der Waals surface area contributed by atoms with Gasteiger partial charge in [-0.15, -0.1) is 35.0 Å². The maximum Gasteiger partial charge on any atom is 0.320 e. The Morgan fingerprint density at radius 2 is 0.926 bits per heavy atom. The fraction of sp³-hybridized carbons (Fsp3) is 0.750. The van der Waals surface area contributed by atoms with Gasteiger partial charge >= 0.3 is 23.9 Å². The zero-order chi connectivity index (χ0) is 18.8. The van der Waals surface area contributed by atoms with Crippen LogP contribution in [0, 0.1) is 23.7 Å². The molecule has 27 heavy (non-hydrogen) atoms. The van der Waals surface area contributed by atoms with Crippen molar-refractivity contribution in [3.05, 3.63) is 0 Å². The molecule has 6 fully saturated rings. The van der Waals surface area contributed by atoms with Crippen molar-refractivity contribution in [1.82, 2.24) is 0 Å². The van der Waals surface area contributed by atoms with E-state index >= 15 is 0 Å². The Morgan fingerprint density at radius 3 is 1.30 bits per heavy atom. The molecule has 6 aliphatic heterocycles. The first-order chi connectivity index (χ1) is 12.9. The minimum atomic E-state index is -0.658. The van der Waals surface area contributed by atoms with E-state index in [-0.39, 0.29) is 10.5 Å². The number of esters is 4. The SMILES string of the molecule is O=C1OC(=O)C2C3OC(C(Cl)C3SC3C(Cl)C4OC3C3C(=O)OC(=O)C43)C12. The molecule has 144 valence electrons. The fourth-order valence-electron chi connectivity index (χ4n) is 5.44. The summed E-state index contributed by atoms with van der Waals surface area (Å²) in [5.74, 6) is -4.96. The summed E-state index contributed by atoms with van der Waals surface area (Å²) in [7, 11) is 0. The zero-order valence-electron chi connectivity index (χ0n) is 13.4. The van der Waals surface area contributed by atoms with Crippen LogP contribution in [0.1, 0.15) is 0 Å². The second kappa shape index (κ2) is 5.38. The largest absolute Gasteiger partial charge is 0.393 e. The van der Waals surface area contributed by atoms with Crippen LogP contribution in [0.15, 0.2) is 0 Å². The number of hydrogen-bond acceptors (Lipinski definition) is 9. The Kier molecular flexibility index (Phi) is 3.40. The molecule has 8 nitrogen and oxygen atoms in total. The molecule has 6 saturated heterocycles. The summed E-state index contributed by atoms with van der Waals surface area (Å²) >= 11 is 14.5. The van der Waals surface area contributed by atoms with Gasteiger partial charge in [-0.1, -0.05) is 0 Å².